The predicted molar refractivity (Wildman–Crippen MR) is 117 cm³/mol. The van der Waals surface area contributed by atoms with Crippen LogP contribution in [0.4, 0.5) is 5.69 Å². The van der Waals surface area contributed by atoms with Crippen LogP contribution in [0.15, 0.2) is 45.4 Å². The molecule has 1 unspecified atom stereocenters. The number of hydrogen-bond donors (Lipinski definition) is 2. The number of nitrogens with one attached hydrogen (secondary N) is 1. The SMILES string of the molecule is CC1=C(C(=O)OC(C)(C)C)C2(C(=O)O1)C(C(=O)OC(C)C)=C(N)Nc1ccc(Br)cc12. The molecule has 3 N–H and O–H groups in total. The zero-order valence-electron chi connectivity index (χ0n) is 18.2. The summed E-state index contributed by atoms with van der Waals surface area (Å²) in [5.74, 6) is -2.52. The molecule has 166 valence electrons. The zero-order valence-corrected chi connectivity index (χ0v) is 19.8. The van der Waals surface area contributed by atoms with Crippen LogP contribution in [-0.4, -0.2) is 29.6 Å². The highest BCUT2D eigenvalue weighted by atomic mass is 79.9. The summed E-state index contributed by atoms with van der Waals surface area (Å²) in [7, 11) is 0. The number of cyclic esters (lactones) is 1. The highest BCUT2D eigenvalue weighted by Crippen LogP contribution is 2.53. The molecule has 1 aromatic rings. The van der Waals surface area contributed by atoms with Crippen molar-refractivity contribution in [3.63, 3.8) is 0 Å². The molecule has 1 aromatic carbocycles. The molecular formula is C22H25BrN2O6. The summed E-state index contributed by atoms with van der Waals surface area (Å²) in [6.45, 7) is 9.94. The minimum Gasteiger partial charge on any atom is -0.459 e. The van der Waals surface area contributed by atoms with Crippen molar-refractivity contribution in [1.82, 2.24) is 0 Å². The Morgan fingerprint density at radius 1 is 1.19 bits per heavy atom. The average molecular weight is 493 g/mol. The molecule has 0 fully saturated rings. The number of hydrogen-bond acceptors (Lipinski definition) is 8. The fraction of sp³-hybridized carbons (Fsp3) is 0.409. The summed E-state index contributed by atoms with van der Waals surface area (Å²) >= 11 is 3.40. The molecule has 0 saturated carbocycles. The van der Waals surface area contributed by atoms with Crippen molar-refractivity contribution in [3.8, 4) is 0 Å². The fourth-order valence-electron chi connectivity index (χ4n) is 3.75. The number of halogens is 1. The molecule has 0 saturated heterocycles. The molecule has 1 spiro atoms. The number of esters is 3. The normalized spacial score (nSPS) is 20.6. The van der Waals surface area contributed by atoms with Gasteiger partial charge < -0.3 is 25.3 Å². The smallest absolute Gasteiger partial charge is 0.339 e. The van der Waals surface area contributed by atoms with E-state index in [1.165, 1.54) is 6.92 Å². The summed E-state index contributed by atoms with van der Waals surface area (Å²) in [4.78, 5) is 40.0. The van der Waals surface area contributed by atoms with Gasteiger partial charge in [-0.05, 0) is 59.7 Å². The van der Waals surface area contributed by atoms with Gasteiger partial charge in [0.15, 0.2) is 5.41 Å². The third-order valence-electron chi connectivity index (χ3n) is 4.73. The van der Waals surface area contributed by atoms with E-state index in [0.717, 1.165) is 0 Å². The van der Waals surface area contributed by atoms with E-state index in [1.54, 1.807) is 52.8 Å². The first-order valence-electron chi connectivity index (χ1n) is 9.74. The Kier molecular flexibility index (Phi) is 5.69. The summed E-state index contributed by atoms with van der Waals surface area (Å²) in [5.41, 5.74) is 3.91. The van der Waals surface area contributed by atoms with Gasteiger partial charge >= 0.3 is 17.9 Å². The number of ether oxygens (including phenoxy) is 3. The maximum Gasteiger partial charge on any atom is 0.339 e. The molecule has 0 aromatic heterocycles. The monoisotopic (exact) mass is 492 g/mol. The van der Waals surface area contributed by atoms with Crippen molar-refractivity contribution in [2.75, 3.05) is 5.32 Å². The Morgan fingerprint density at radius 2 is 1.84 bits per heavy atom. The Bertz CT molecular complexity index is 1050. The van der Waals surface area contributed by atoms with Crippen LogP contribution in [0, 0.1) is 0 Å². The van der Waals surface area contributed by atoms with E-state index in [9.17, 15) is 14.4 Å². The Labute approximate surface area is 188 Å². The third-order valence-corrected chi connectivity index (χ3v) is 5.22. The van der Waals surface area contributed by atoms with E-state index < -0.39 is 35.0 Å². The molecule has 2 heterocycles. The molecule has 3 rings (SSSR count). The van der Waals surface area contributed by atoms with Crippen LogP contribution >= 0.6 is 15.9 Å². The standard InChI is InChI=1S/C22H25BrN2O6/c1-10(2)29-18(26)16-17(24)25-14-8-7-12(23)9-13(14)22(16)15(11(3)30-20(22)28)19(27)31-21(4,5)6/h7-10,25H,24H2,1-6H3. The van der Waals surface area contributed by atoms with Gasteiger partial charge in [-0.25, -0.2) is 14.4 Å². The minimum absolute atomic E-state index is 0.0368. The van der Waals surface area contributed by atoms with E-state index in [-0.39, 0.29) is 22.7 Å². The molecule has 2 aliphatic rings. The van der Waals surface area contributed by atoms with Crippen molar-refractivity contribution in [1.29, 1.82) is 0 Å². The molecular weight excluding hydrogens is 468 g/mol. The molecule has 0 bridgehead atoms. The molecule has 0 radical (unpaired) electrons. The second kappa shape index (κ2) is 7.71. The number of rotatable bonds is 3. The number of benzene rings is 1. The maximum absolute atomic E-state index is 13.4. The number of carbonyl (C=O) groups excluding carboxylic acids is 3. The molecule has 1 atom stereocenters. The first kappa shape index (κ1) is 22.9. The highest BCUT2D eigenvalue weighted by Gasteiger charge is 2.63. The highest BCUT2D eigenvalue weighted by molar-refractivity contribution is 9.10. The lowest BCUT2D eigenvalue weighted by molar-refractivity contribution is -0.152. The van der Waals surface area contributed by atoms with Gasteiger partial charge in [-0.15, -0.1) is 0 Å². The number of anilines is 1. The van der Waals surface area contributed by atoms with Gasteiger partial charge in [-0.3, -0.25) is 0 Å². The van der Waals surface area contributed by atoms with E-state index >= 15 is 0 Å². The Hall–Kier alpha value is -2.81. The maximum atomic E-state index is 13.4. The van der Waals surface area contributed by atoms with Crippen LogP contribution in [0.2, 0.25) is 0 Å². The van der Waals surface area contributed by atoms with Crippen molar-refractivity contribution in [2.45, 2.75) is 58.7 Å². The third kappa shape index (κ3) is 3.82. The second-order valence-electron chi connectivity index (χ2n) is 8.63. The van der Waals surface area contributed by atoms with Gasteiger partial charge in [0.1, 0.15) is 28.3 Å². The van der Waals surface area contributed by atoms with Gasteiger partial charge in [0, 0.05) is 15.7 Å². The topological polar surface area (TPSA) is 117 Å². The number of nitrogens with two attached hydrogens (primary N) is 1. The second-order valence-corrected chi connectivity index (χ2v) is 9.55. The average Bonchev–Trinajstić information content (AvgIpc) is 2.84. The van der Waals surface area contributed by atoms with E-state index in [2.05, 4.69) is 21.2 Å². The minimum atomic E-state index is -1.94. The zero-order chi connectivity index (χ0) is 23.3. The number of allylic oxidation sites excluding steroid dienone is 1. The van der Waals surface area contributed by atoms with E-state index in [1.807, 2.05) is 0 Å². The van der Waals surface area contributed by atoms with Gasteiger partial charge in [0.2, 0.25) is 0 Å². The molecule has 31 heavy (non-hydrogen) atoms. The van der Waals surface area contributed by atoms with Gasteiger partial charge in [-0.1, -0.05) is 15.9 Å². The number of carbonyl (C=O) groups is 3. The van der Waals surface area contributed by atoms with Gasteiger partial charge in [0.05, 0.1) is 6.10 Å². The summed E-state index contributed by atoms with van der Waals surface area (Å²) < 4.78 is 17.0. The lowest BCUT2D eigenvalue weighted by Crippen LogP contribution is -2.48. The van der Waals surface area contributed by atoms with Crippen LogP contribution < -0.4 is 11.1 Å². The van der Waals surface area contributed by atoms with Crippen molar-refractivity contribution < 1.29 is 28.6 Å². The van der Waals surface area contributed by atoms with Crippen LogP contribution in [0.1, 0.15) is 47.1 Å². The van der Waals surface area contributed by atoms with E-state index in [4.69, 9.17) is 19.9 Å². The van der Waals surface area contributed by atoms with Crippen LogP contribution in [0.5, 0.6) is 0 Å². The van der Waals surface area contributed by atoms with Crippen LogP contribution in [0.3, 0.4) is 0 Å². The molecule has 9 heteroatoms. The fourth-order valence-corrected chi connectivity index (χ4v) is 4.11. The van der Waals surface area contributed by atoms with Gasteiger partial charge in [0.25, 0.3) is 0 Å². The van der Waals surface area contributed by atoms with Crippen molar-refractivity contribution >= 4 is 39.5 Å². The first-order valence-corrected chi connectivity index (χ1v) is 10.5. The molecule has 8 nitrogen and oxygen atoms in total. The van der Waals surface area contributed by atoms with Gasteiger partial charge in [-0.2, -0.15) is 0 Å². The quantitative estimate of drug-likeness (QED) is 0.486. The molecule has 2 aliphatic heterocycles. The lowest BCUT2D eigenvalue weighted by atomic mass is 9.67. The predicted octanol–water partition coefficient (Wildman–Crippen LogP) is 3.41. The lowest BCUT2D eigenvalue weighted by Gasteiger charge is -2.37. The van der Waals surface area contributed by atoms with Crippen molar-refractivity contribution in [3.05, 3.63) is 51.0 Å². The largest absolute Gasteiger partial charge is 0.459 e. The molecule has 0 amide bonds. The Balaban J connectivity index is 2.37. The molecule has 0 aliphatic carbocycles. The number of fused-ring (bicyclic) bond motifs is 2. The van der Waals surface area contributed by atoms with Crippen LogP contribution in [0.25, 0.3) is 0 Å². The van der Waals surface area contributed by atoms with E-state index in [0.29, 0.717) is 15.7 Å². The van der Waals surface area contributed by atoms with Crippen molar-refractivity contribution in [2.24, 2.45) is 5.73 Å². The van der Waals surface area contributed by atoms with Crippen LogP contribution in [-0.2, 0) is 34.0 Å². The summed E-state index contributed by atoms with van der Waals surface area (Å²) in [5, 5.41) is 2.94. The summed E-state index contributed by atoms with van der Waals surface area (Å²) in [6, 6.07) is 5.07. The Morgan fingerprint density at radius 3 is 2.42 bits per heavy atom. The first-order chi connectivity index (χ1) is 14.3. The summed E-state index contributed by atoms with van der Waals surface area (Å²) in [6.07, 6.45) is -0.485.